The van der Waals surface area contributed by atoms with Crippen LogP contribution in [-0.2, 0) is 0 Å². The zero-order valence-electron chi connectivity index (χ0n) is 8.75. The molecule has 0 bridgehead atoms. The van der Waals surface area contributed by atoms with Crippen molar-refractivity contribution < 1.29 is 14.7 Å². The van der Waals surface area contributed by atoms with E-state index in [4.69, 9.17) is 10.9 Å². The number of aromatic nitrogens is 2. The first-order valence-electron chi connectivity index (χ1n) is 4.68. The van der Waals surface area contributed by atoms with Gasteiger partial charge in [0.2, 0.25) is 0 Å². The predicted octanol–water partition coefficient (Wildman–Crippen LogP) is -0.0993. The summed E-state index contributed by atoms with van der Waals surface area (Å²) in [5.74, 6) is 3.50. The Bertz CT molecular complexity index is 407. The number of hydrogen-bond donors (Lipinski definition) is 2. The molecule has 0 spiro atoms. The van der Waals surface area contributed by atoms with Gasteiger partial charge in [-0.15, -0.1) is 0 Å². The minimum atomic E-state index is -1.30. The fraction of sp³-hybridized carbons (Fsp3) is 0.333. The number of aromatic carboxylic acids is 1. The topological polar surface area (TPSA) is 109 Å². The van der Waals surface area contributed by atoms with Gasteiger partial charge < -0.3 is 5.11 Å². The number of nitrogens with zero attached hydrogens (tertiary/aromatic N) is 3. The van der Waals surface area contributed by atoms with Gasteiger partial charge in [0, 0.05) is 18.9 Å². The summed E-state index contributed by atoms with van der Waals surface area (Å²) in [6, 6.07) is 0. The van der Waals surface area contributed by atoms with E-state index in [-0.39, 0.29) is 11.4 Å². The second-order valence-corrected chi connectivity index (χ2v) is 3.06. The smallest absolute Gasteiger partial charge is 0.356 e. The molecule has 0 aliphatic heterocycles. The van der Waals surface area contributed by atoms with Gasteiger partial charge in [-0.05, 0) is 6.42 Å². The molecule has 3 N–H and O–H groups in total. The summed E-state index contributed by atoms with van der Waals surface area (Å²) in [4.78, 5) is 29.8. The summed E-state index contributed by atoms with van der Waals surface area (Å²) in [6.07, 6.45) is 3.13. The van der Waals surface area contributed by atoms with E-state index in [1.54, 1.807) is 0 Å². The summed E-state index contributed by atoms with van der Waals surface area (Å²) in [5, 5.41) is 9.74. The van der Waals surface area contributed by atoms with Crippen molar-refractivity contribution in [3.8, 4) is 0 Å². The Kier molecular flexibility index (Phi) is 3.90. The molecule has 0 fully saturated rings. The van der Waals surface area contributed by atoms with Crippen LogP contribution in [0.25, 0.3) is 0 Å². The van der Waals surface area contributed by atoms with Gasteiger partial charge in [-0.25, -0.2) is 20.6 Å². The quantitative estimate of drug-likeness (QED) is 0.420. The second-order valence-electron chi connectivity index (χ2n) is 3.06. The van der Waals surface area contributed by atoms with Gasteiger partial charge in [0.25, 0.3) is 5.91 Å². The Morgan fingerprint density at radius 3 is 2.44 bits per heavy atom. The molecule has 0 aromatic carbocycles. The summed E-state index contributed by atoms with van der Waals surface area (Å²) in [5.41, 5.74) is -0.634. The van der Waals surface area contributed by atoms with E-state index in [9.17, 15) is 9.59 Å². The van der Waals surface area contributed by atoms with Gasteiger partial charge in [-0.1, -0.05) is 6.92 Å². The maximum absolute atomic E-state index is 11.7. The van der Waals surface area contributed by atoms with Crippen LogP contribution >= 0.6 is 0 Å². The minimum Gasteiger partial charge on any atom is -0.476 e. The molecule has 0 aliphatic rings. The van der Waals surface area contributed by atoms with Crippen LogP contribution in [0.2, 0.25) is 0 Å². The van der Waals surface area contributed by atoms with Gasteiger partial charge in [0.05, 0.1) is 0 Å². The van der Waals surface area contributed by atoms with Crippen LogP contribution in [0.5, 0.6) is 0 Å². The highest BCUT2D eigenvalue weighted by Crippen LogP contribution is 2.04. The Hall–Kier alpha value is -2.02. The van der Waals surface area contributed by atoms with E-state index in [2.05, 4.69) is 9.97 Å². The third-order valence-electron chi connectivity index (χ3n) is 1.83. The average Bonchev–Trinajstić information content (AvgIpc) is 2.28. The zero-order chi connectivity index (χ0) is 12.1. The highest BCUT2D eigenvalue weighted by atomic mass is 16.4. The molecule has 1 aromatic heterocycles. The van der Waals surface area contributed by atoms with E-state index in [0.717, 1.165) is 5.01 Å². The van der Waals surface area contributed by atoms with Crippen molar-refractivity contribution in [2.45, 2.75) is 13.3 Å². The number of carbonyl (C=O) groups excluding carboxylic acids is 1. The zero-order valence-corrected chi connectivity index (χ0v) is 8.75. The molecular formula is C9H12N4O3. The number of carboxylic acid groups (broad SMARTS) is 1. The molecule has 7 nitrogen and oxygen atoms in total. The van der Waals surface area contributed by atoms with Crippen molar-refractivity contribution in [1.29, 1.82) is 0 Å². The van der Waals surface area contributed by atoms with Crippen LogP contribution in [0.15, 0.2) is 12.4 Å². The Balaban J connectivity index is 3.03. The van der Waals surface area contributed by atoms with Crippen LogP contribution in [-0.4, -0.2) is 38.5 Å². The molecule has 1 rings (SSSR count). The molecule has 0 radical (unpaired) electrons. The second kappa shape index (κ2) is 5.17. The predicted molar refractivity (Wildman–Crippen MR) is 54.5 cm³/mol. The van der Waals surface area contributed by atoms with Crippen molar-refractivity contribution in [2.75, 3.05) is 6.54 Å². The molecule has 1 heterocycles. The van der Waals surface area contributed by atoms with Crippen molar-refractivity contribution in [1.82, 2.24) is 15.0 Å². The third kappa shape index (κ3) is 2.51. The normalized spacial score (nSPS) is 9.88. The van der Waals surface area contributed by atoms with E-state index in [0.29, 0.717) is 13.0 Å². The number of hydrazine groups is 1. The highest BCUT2D eigenvalue weighted by molar-refractivity contribution is 6.01. The molecule has 1 aromatic rings. The molecule has 86 valence electrons. The fourth-order valence-electron chi connectivity index (χ4n) is 1.13. The number of amides is 1. The van der Waals surface area contributed by atoms with Crippen molar-refractivity contribution in [2.24, 2.45) is 5.84 Å². The first-order valence-corrected chi connectivity index (χ1v) is 4.68. The summed E-state index contributed by atoms with van der Waals surface area (Å²) >= 11 is 0. The first kappa shape index (κ1) is 12.1. The van der Waals surface area contributed by atoms with Gasteiger partial charge in [0.1, 0.15) is 0 Å². The molecule has 0 unspecified atom stereocenters. The molecule has 0 saturated carbocycles. The van der Waals surface area contributed by atoms with Gasteiger partial charge in [-0.3, -0.25) is 9.80 Å². The number of carboxylic acids is 1. The van der Waals surface area contributed by atoms with E-state index < -0.39 is 11.9 Å². The Labute approximate surface area is 91.9 Å². The van der Waals surface area contributed by atoms with Crippen molar-refractivity contribution in [3.05, 3.63) is 23.8 Å². The lowest BCUT2D eigenvalue weighted by atomic mass is 10.2. The number of carbonyl (C=O) groups is 2. The molecule has 16 heavy (non-hydrogen) atoms. The van der Waals surface area contributed by atoms with E-state index >= 15 is 0 Å². The minimum absolute atomic E-state index is 0.244. The van der Waals surface area contributed by atoms with E-state index in [1.807, 2.05) is 6.92 Å². The standard InChI is InChI=1S/C9H12N4O3/c1-2-5-13(10)8(14)6-7(9(15)16)12-4-3-11-6/h3-4H,2,5,10H2,1H3,(H,15,16). The lowest BCUT2D eigenvalue weighted by molar-refractivity contribution is 0.0665. The lowest BCUT2D eigenvalue weighted by Gasteiger charge is -2.15. The van der Waals surface area contributed by atoms with Gasteiger partial charge in [0.15, 0.2) is 11.4 Å². The molecule has 0 saturated heterocycles. The van der Waals surface area contributed by atoms with Crippen LogP contribution in [0.1, 0.15) is 34.3 Å². The molecule has 0 aliphatic carbocycles. The molecule has 7 heteroatoms. The van der Waals surface area contributed by atoms with Crippen LogP contribution in [0, 0.1) is 0 Å². The summed E-state index contributed by atoms with van der Waals surface area (Å²) < 4.78 is 0. The first-order chi connectivity index (χ1) is 7.57. The summed E-state index contributed by atoms with van der Waals surface area (Å²) in [6.45, 7) is 2.18. The van der Waals surface area contributed by atoms with Gasteiger partial charge in [-0.2, -0.15) is 0 Å². The monoisotopic (exact) mass is 224 g/mol. The number of rotatable bonds is 4. The third-order valence-corrected chi connectivity index (χ3v) is 1.83. The molecule has 1 amide bonds. The Morgan fingerprint density at radius 1 is 1.38 bits per heavy atom. The maximum atomic E-state index is 11.7. The fourth-order valence-corrected chi connectivity index (χ4v) is 1.13. The maximum Gasteiger partial charge on any atom is 0.356 e. The lowest BCUT2D eigenvalue weighted by Crippen LogP contribution is -2.39. The Morgan fingerprint density at radius 2 is 1.94 bits per heavy atom. The molecular weight excluding hydrogens is 212 g/mol. The van der Waals surface area contributed by atoms with Crippen molar-refractivity contribution in [3.63, 3.8) is 0 Å². The van der Waals surface area contributed by atoms with Gasteiger partial charge >= 0.3 is 5.97 Å². The van der Waals surface area contributed by atoms with E-state index in [1.165, 1.54) is 12.4 Å². The van der Waals surface area contributed by atoms with Crippen LogP contribution < -0.4 is 5.84 Å². The largest absolute Gasteiger partial charge is 0.476 e. The highest BCUT2D eigenvalue weighted by Gasteiger charge is 2.22. The summed E-state index contributed by atoms with van der Waals surface area (Å²) in [7, 11) is 0. The molecule has 0 atom stereocenters. The number of hydrogen-bond acceptors (Lipinski definition) is 5. The van der Waals surface area contributed by atoms with Crippen molar-refractivity contribution >= 4 is 11.9 Å². The average molecular weight is 224 g/mol. The number of nitrogens with two attached hydrogens (primary N) is 1. The van der Waals surface area contributed by atoms with Crippen LogP contribution in [0.3, 0.4) is 0 Å². The van der Waals surface area contributed by atoms with Crippen LogP contribution in [0.4, 0.5) is 0 Å². The SMILES string of the molecule is CCCN(N)C(=O)c1nccnc1C(=O)O.